The number of aliphatic carboxylic acids is 1. The van der Waals surface area contributed by atoms with Gasteiger partial charge in [0, 0.05) is 28.7 Å². The fraction of sp³-hybridized carbons (Fsp3) is 0.845. The van der Waals surface area contributed by atoms with Gasteiger partial charge in [0.1, 0.15) is 67.1 Å². The highest BCUT2D eigenvalue weighted by Gasteiger charge is 2.76. The number of rotatable bonds is 16. The molecule has 23 heteroatoms. The van der Waals surface area contributed by atoms with Gasteiger partial charge in [-0.15, -0.1) is 0 Å². The van der Waals surface area contributed by atoms with E-state index < -0.39 is 193 Å². The van der Waals surface area contributed by atoms with E-state index in [2.05, 4.69) is 19.9 Å². The zero-order chi connectivity index (χ0) is 60.0. The molecule has 460 valence electrons. The van der Waals surface area contributed by atoms with Crippen LogP contribution in [-0.4, -0.2) is 221 Å². The van der Waals surface area contributed by atoms with E-state index in [1.54, 1.807) is 39.8 Å². The van der Waals surface area contributed by atoms with Crippen LogP contribution >= 0.6 is 0 Å². The zero-order valence-electron chi connectivity index (χ0n) is 48.1. The molecule has 4 saturated carbocycles. The first-order valence-electron chi connectivity index (χ1n) is 28.6. The number of carboxylic acids is 1. The monoisotopic (exact) mass is 1150 g/mol. The van der Waals surface area contributed by atoms with Crippen molar-refractivity contribution in [1.29, 1.82) is 0 Å². The highest BCUT2D eigenvalue weighted by molar-refractivity contribution is 5.95. The largest absolute Gasteiger partial charge is 0.479 e. The number of hydrogen-bond acceptors (Lipinski definition) is 22. The minimum Gasteiger partial charge on any atom is -0.479 e. The van der Waals surface area contributed by atoms with Crippen molar-refractivity contribution in [1.82, 2.24) is 0 Å². The van der Waals surface area contributed by atoms with Crippen LogP contribution in [0.2, 0.25) is 0 Å². The second-order valence-electron chi connectivity index (χ2n) is 26.3. The molecule has 3 heterocycles. The Kier molecular flexibility index (Phi) is 18.5. The van der Waals surface area contributed by atoms with E-state index in [0.717, 1.165) is 5.57 Å². The summed E-state index contributed by atoms with van der Waals surface area (Å²) in [5, 5.41) is 146. The Bertz CT molecular complexity index is 2410. The molecular formula is C58H90O23. The SMILES string of the molecule is C/C=C(/C)C(=O)C[C@H]1[C@H](OC(=O)/C(C)=C\C)[C@@]2(CO)C(CC1(C)C)C1=CCC3[C@@]4(C)CCC(O[C@@H]5OC(C(=O)O)[C@@H](O)[C@@H](O[C@@H]6O[C@@H](CO)C(O)[C@@H]6O)C5O[C@@H]5OC(CO)[C@@H](O)[C@@H](O)C5O)[C@](C)(CO)C4CC[C@@]3(C)[C@]1(C)[C@@H](O)[C@H]2O. The molecule has 5 aliphatic carbocycles. The number of esters is 1. The topological polar surface area (TPSA) is 379 Å². The van der Waals surface area contributed by atoms with Crippen LogP contribution in [0.25, 0.3) is 0 Å². The summed E-state index contributed by atoms with van der Waals surface area (Å²) in [6.07, 6.45) is -23.7. The molecular weight excluding hydrogens is 1060 g/mol. The quantitative estimate of drug-likeness (QED) is 0.0415. The molecule has 0 aromatic carbocycles. The number of fused-ring (bicyclic) bond motifs is 7. The van der Waals surface area contributed by atoms with Gasteiger partial charge in [0.2, 0.25) is 0 Å². The predicted octanol–water partition coefficient (Wildman–Crippen LogP) is -0.101. The van der Waals surface area contributed by atoms with Crippen LogP contribution in [0.15, 0.2) is 34.9 Å². The van der Waals surface area contributed by atoms with Gasteiger partial charge in [0.25, 0.3) is 0 Å². The van der Waals surface area contributed by atoms with E-state index in [4.69, 9.17) is 33.2 Å². The first-order chi connectivity index (χ1) is 37.9. The van der Waals surface area contributed by atoms with Gasteiger partial charge in [0.05, 0.1) is 50.2 Å². The van der Waals surface area contributed by atoms with Crippen molar-refractivity contribution in [3.05, 3.63) is 34.9 Å². The number of carbonyl (C=O) groups is 3. The van der Waals surface area contributed by atoms with Crippen LogP contribution in [0.4, 0.5) is 0 Å². The first-order valence-corrected chi connectivity index (χ1v) is 28.6. The third-order valence-corrected chi connectivity index (χ3v) is 22.1. The predicted molar refractivity (Wildman–Crippen MR) is 281 cm³/mol. The van der Waals surface area contributed by atoms with Gasteiger partial charge < -0.3 is 99.5 Å². The molecule has 3 saturated heterocycles. The number of aliphatic hydroxyl groups excluding tert-OH is 12. The fourth-order valence-corrected chi connectivity index (χ4v) is 16.7. The van der Waals surface area contributed by atoms with Gasteiger partial charge >= 0.3 is 11.9 Å². The second-order valence-corrected chi connectivity index (χ2v) is 26.3. The molecule has 0 amide bonds. The highest BCUT2D eigenvalue weighted by atomic mass is 16.8. The van der Waals surface area contributed by atoms with Crippen molar-refractivity contribution in [2.75, 3.05) is 26.4 Å². The average molecular weight is 1160 g/mol. The maximum atomic E-state index is 13.9. The third-order valence-electron chi connectivity index (χ3n) is 22.1. The van der Waals surface area contributed by atoms with Crippen molar-refractivity contribution in [3.63, 3.8) is 0 Å². The molecule has 3 aliphatic heterocycles. The lowest BCUT2D eigenvalue weighted by atomic mass is 9.32. The molecule has 9 unspecified atom stereocenters. The van der Waals surface area contributed by atoms with E-state index >= 15 is 0 Å². The maximum absolute atomic E-state index is 13.9. The molecule has 23 nitrogen and oxygen atoms in total. The number of allylic oxidation sites excluding steroid dienone is 4. The summed E-state index contributed by atoms with van der Waals surface area (Å²) in [4.78, 5) is 40.6. The standard InChI is InChI=1S/C58H90O23/c1-11-25(3)30(63)19-28-47(81-49(74)26(4)12-2)58(24-62)29(20-53(28,5)6)27-13-14-34-54(7)17-16-35(55(8,23-61)33(54)15-18-56(34,9)57(27,10)45(70)46(58)71)77-52-44(80-51-40(68)38(66)36(64)31(21-59)75-51)42(41(69)43(79-52)48(72)73)78-50-39(67)37(65)32(22-60)76-50/h11-13,28-29,31-47,50-52,59-62,64-71H,14-24H2,1-10H3,(H,72,73)/b25-11-,26-12-/t28-,29?,31?,32-,33?,34?,35?,36+,37?,38+,39-,40?,41-,42+,43?,44?,45-,46+,47-,50-,51-,52+,54-,55+,56+,57-,58-/m0/s1. The first kappa shape index (κ1) is 64.1. The smallest absolute Gasteiger partial charge is 0.335 e. The number of hydrogen-bond donors (Lipinski definition) is 13. The Labute approximate surface area is 472 Å². The van der Waals surface area contributed by atoms with E-state index in [1.807, 2.05) is 27.7 Å². The van der Waals surface area contributed by atoms with Crippen LogP contribution in [-0.2, 0) is 47.5 Å². The lowest BCUT2D eigenvalue weighted by Gasteiger charge is -2.73. The van der Waals surface area contributed by atoms with Crippen molar-refractivity contribution >= 4 is 17.7 Å². The minimum atomic E-state index is -2.17. The van der Waals surface area contributed by atoms with Gasteiger partial charge in [-0.25, -0.2) is 9.59 Å². The lowest BCUT2D eigenvalue weighted by Crippen LogP contribution is -2.75. The minimum absolute atomic E-state index is 0.0386. The number of carboxylic acid groups (broad SMARTS) is 1. The number of aliphatic hydroxyl groups is 12. The van der Waals surface area contributed by atoms with Gasteiger partial charge in [-0.2, -0.15) is 0 Å². The summed E-state index contributed by atoms with van der Waals surface area (Å²) >= 11 is 0. The van der Waals surface area contributed by atoms with E-state index in [0.29, 0.717) is 43.3 Å². The Morgan fingerprint density at radius 2 is 1.25 bits per heavy atom. The summed E-state index contributed by atoms with van der Waals surface area (Å²) in [5.41, 5.74) is -4.47. The van der Waals surface area contributed by atoms with Crippen molar-refractivity contribution < 1.29 is 114 Å². The molecule has 7 fully saturated rings. The van der Waals surface area contributed by atoms with Crippen molar-refractivity contribution in [2.45, 2.75) is 225 Å². The van der Waals surface area contributed by atoms with Gasteiger partial charge in [-0.05, 0) is 106 Å². The van der Waals surface area contributed by atoms with Crippen molar-refractivity contribution in [3.8, 4) is 0 Å². The molecule has 0 bridgehead atoms. The van der Waals surface area contributed by atoms with E-state index in [1.165, 1.54) is 0 Å². The highest BCUT2D eigenvalue weighted by Crippen LogP contribution is 2.76. The van der Waals surface area contributed by atoms with Crippen LogP contribution < -0.4 is 0 Å². The molecule has 13 N–H and O–H groups in total. The number of ketones is 1. The lowest BCUT2D eigenvalue weighted by molar-refractivity contribution is -0.387. The Hall–Kier alpha value is -2.89. The van der Waals surface area contributed by atoms with Gasteiger partial charge in [0.15, 0.2) is 30.8 Å². The summed E-state index contributed by atoms with van der Waals surface area (Å²) in [7, 11) is 0. The molecule has 0 radical (unpaired) electrons. The molecule has 8 rings (SSSR count). The molecule has 0 aromatic rings. The van der Waals surface area contributed by atoms with Gasteiger partial charge in [-0.1, -0.05) is 65.3 Å². The fourth-order valence-electron chi connectivity index (χ4n) is 16.7. The van der Waals surface area contributed by atoms with E-state index in [9.17, 15) is 80.8 Å². The van der Waals surface area contributed by atoms with Crippen LogP contribution in [0, 0.1) is 56.2 Å². The molecule has 8 aliphatic rings. The summed E-state index contributed by atoms with van der Waals surface area (Å²) in [6, 6.07) is 0. The Morgan fingerprint density at radius 1 is 0.667 bits per heavy atom. The Morgan fingerprint density at radius 3 is 1.80 bits per heavy atom. The third kappa shape index (κ3) is 10.0. The molecule has 0 spiro atoms. The van der Waals surface area contributed by atoms with Crippen LogP contribution in [0.3, 0.4) is 0 Å². The molecule has 0 aromatic heterocycles. The van der Waals surface area contributed by atoms with Crippen LogP contribution in [0.5, 0.6) is 0 Å². The number of Topliss-reactive ketones (excluding diaryl/α,β-unsaturated/α-hetero) is 1. The average Bonchev–Trinajstić information content (AvgIpc) is 1.99. The number of ether oxygens (including phenoxy) is 7. The van der Waals surface area contributed by atoms with Gasteiger partial charge in [-0.3, -0.25) is 4.79 Å². The molecule has 81 heavy (non-hydrogen) atoms. The summed E-state index contributed by atoms with van der Waals surface area (Å²) in [5.74, 6) is -4.45. The molecule has 27 atom stereocenters. The van der Waals surface area contributed by atoms with Crippen molar-refractivity contribution in [2.24, 2.45) is 56.2 Å². The summed E-state index contributed by atoms with van der Waals surface area (Å²) in [6.45, 7) is 16.1. The maximum Gasteiger partial charge on any atom is 0.335 e. The Balaban J connectivity index is 1.15. The number of carbonyl (C=O) groups excluding carboxylic acids is 2. The summed E-state index contributed by atoms with van der Waals surface area (Å²) < 4.78 is 42.8. The van der Waals surface area contributed by atoms with E-state index in [-0.39, 0.29) is 30.5 Å². The van der Waals surface area contributed by atoms with Crippen LogP contribution in [0.1, 0.15) is 114 Å². The second kappa shape index (κ2) is 23.4. The normalized spacial score (nSPS) is 49.8. The zero-order valence-corrected chi connectivity index (χ0v) is 48.1.